The molecule has 0 fully saturated rings. The van der Waals surface area contributed by atoms with Gasteiger partial charge in [0.05, 0.1) is 6.61 Å². The number of carboxylic acids is 1. The van der Waals surface area contributed by atoms with Crippen LogP contribution in [0.4, 0.5) is 0 Å². The normalized spacial score (nSPS) is 10.9. The van der Waals surface area contributed by atoms with Gasteiger partial charge in [0.25, 0.3) is 0 Å². The molecule has 2 N–H and O–H groups in total. The van der Waals surface area contributed by atoms with Crippen molar-refractivity contribution in [2.75, 3.05) is 6.61 Å². The molecule has 0 aliphatic heterocycles. The summed E-state index contributed by atoms with van der Waals surface area (Å²) in [5.74, 6) is -0.879. The van der Waals surface area contributed by atoms with Crippen LogP contribution in [0.15, 0.2) is 0 Å². The second-order valence-electron chi connectivity index (χ2n) is 5.58. The first-order chi connectivity index (χ1) is 10.8. The SMILES string of the molecule is CCCCCCCCCC.O=C(O)CCCCCOS(=O)(=O)O. The van der Waals surface area contributed by atoms with Crippen molar-refractivity contribution < 1.29 is 27.1 Å². The minimum Gasteiger partial charge on any atom is -0.481 e. The summed E-state index contributed by atoms with van der Waals surface area (Å²) in [6, 6.07) is 0. The molecule has 0 rings (SSSR count). The van der Waals surface area contributed by atoms with Crippen LogP contribution in [0.3, 0.4) is 0 Å². The number of carboxylic acid groups (broad SMARTS) is 1. The zero-order valence-electron chi connectivity index (χ0n) is 14.6. The van der Waals surface area contributed by atoms with Crippen LogP contribution in [-0.2, 0) is 19.4 Å². The third-order valence-corrected chi connectivity index (χ3v) is 3.69. The summed E-state index contributed by atoms with van der Waals surface area (Å²) in [6.07, 6.45) is 13.0. The standard InChI is InChI=1S/C10H22.C6H12O6S/c1-3-5-7-9-10-8-6-4-2;7-6(8)4-2-1-3-5-12-13(9,10)11/h3-10H2,1-2H3;1-5H2,(H,7,8)(H,9,10,11). The second-order valence-corrected chi connectivity index (χ2v) is 6.67. The number of carbonyl (C=O) groups is 1. The van der Waals surface area contributed by atoms with Crippen molar-refractivity contribution in [3.63, 3.8) is 0 Å². The molecule has 0 saturated carbocycles. The van der Waals surface area contributed by atoms with E-state index in [1.54, 1.807) is 0 Å². The zero-order chi connectivity index (χ0) is 18.0. The molecule has 140 valence electrons. The lowest BCUT2D eigenvalue weighted by Crippen LogP contribution is -2.04. The van der Waals surface area contributed by atoms with Gasteiger partial charge in [0.1, 0.15) is 0 Å². The molecule has 0 aromatic carbocycles. The van der Waals surface area contributed by atoms with Crippen molar-refractivity contribution in [3.8, 4) is 0 Å². The molecular weight excluding hydrogens is 320 g/mol. The quantitative estimate of drug-likeness (QED) is 0.349. The summed E-state index contributed by atoms with van der Waals surface area (Å²) in [6.45, 7) is 4.43. The zero-order valence-corrected chi connectivity index (χ0v) is 15.4. The fraction of sp³-hybridized carbons (Fsp3) is 0.938. The molecule has 0 atom stereocenters. The first-order valence-corrected chi connectivity index (χ1v) is 10.0. The van der Waals surface area contributed by atoms with E-state index in [2.05, 4.69) is 18.0 Å². The summed E-state index contributed by atoms with van der Waals surface area (Å²) in [5.41, 5.74) is 0. The summed E-state index contributed by atoms with van der Waals surface area (Å²) < 4.78 is 32.2. The van der Waals surface area contributed by atoms with Gasteiger partial charge in [0.2, 0.25) is 0 Å². The Bertz CT molecular complexity index is 346. The average Bonchev–Trinajstić information content (AvgIpc) is 2.46. The number of hydrogen-bond acceptors (Lipinski definition) is 4. The molecular formula is C16H34O6S. The number of unbranched alkanes of at least 4 members (excludes halogenated alkanes) is 9. The smallest absolute Gasteiger partial charge is 0.397 e. The molecule has 0 aromatic heterocycles. The summed E-state index contributed by atoms with van der Waals surface area (Å²) in [5, 5.41) is 8.23. The molecule has 0 saturated heterocycles. The van der Waals surface area contributed by atoms with Crippen LogP contribution in [0.25, 0.3) is 0 Å². The van der Waals surface area contributed by atoms with E-state index in [1.807, 2.05) is 0 Å². The minimum atomic E-state index is -4.34. The van der Waals surface area contributed by atoms with Gasteiger partial charge >= 0.3 is 16.4 Å². The Hall–Kier alpha value is -0.660. The molecule has 0 bridgehead atoms. The lowest BCUT2D eigenvalue weighted by Gasteiger charge is -1.98. The van der Waals surface area contributed by atoms with Gasteiger partial charge < -0.3 is 5.11 Å². The molecule has 0 radical (unpaired) electrons. The van der Waals surface area contributed by atoms with E-state index in [4.69, 9.17) is 9.66 Å². The Kier molecular flexibility index (Phi) is 18.9. The van der Waals surface area contributed by atoms with Crippen LogP contribution in [0.2, 0.25) is 0 Å². The lowest BCUT2D eigenvalue weighted by atomic mass is 10.1. The van der Waals surface area contributed by atoms with Crippen molar-refractivity contribution in [1.29, 1.82) is 0 Å². The Morgan fingerprint density at radius 1 is 0.826 bits per heavy atom. The molecule has 0 aromatic rings. The first kappa shape index (κ1) is 24.6. The Balaban J connectivity index is 0. The molecule has 6 nitrogen and oxygen atoms in total. The summed E-state index contributed by atoms with van der Waals surface area (Å²) >= 11 is 0. The minimum absolute atomic E-state index is 0.0614. The van der Waals surface area contributed by atoms with Crippen molar-refractivity contribution in [1.82, 2.24) is 0 Å². The maximum absolute atomic E-state index is 10.0. The fourth-order valence-corrected chi connectivity index (χ4v) is 2.25. The Morgan fingerprint density at radius 2 is 1.26 bits per heavy atom. The molecule has 0 amide bonds. The Labute approximate surface area is 141 Å². The van der Waals surface area contributed by atoms with Gasteiger partial charge in [-0.05, 0) is 12.8 Å². The number of hydrogen-bond donors (Lipinski definition) is 2. The maximum atomic E-state index is 10.0. The van der Waals surface area contributed by atoms with Crippen LogP contribution >= 0.6 is 0 Å². The predicted molar refractivity (Wildman–Crippen MR) is 91.9 cm³/mol. The van der Waals surface area contributed by atoms with Crippen LogP contribution in [-0.4, -0.2) is 30.7 Å². The molecule has 0 spiro atoms. The Morgan fingerprint density at radius 3 is 1.65 bits per heavy atom. The lowest BCUT2D eigenvalue weighted by molar-refractivity contribution is -0.137. The van der Waals surface area contributed by atoms with Crippen LogP contribution in [0.1, 0.15) is 90.9 Å². The molecule has 0 heterocycles. The second kappa shape index (κ2) is 17.7. The van der Waals surface area contributed by atoms with Gasteiger partial charge in [0, 0.05) is 6.42 Å². The predicted octanol–water partition coefficient (Wildman–Crippen LogP) is 4.60. The molecule has 23 heavy (non-hydrogen) atoms. The number of rotatable bonds is 14. The van der Waals surface area contributed by atoms with Gasteiger partial charge in [-0.3, -0.25) is 9.35 Å². The van der Waals surface area contributed by atoms with Crippen molar-refractivity contribution in [2.24, 2.45) is 0 Å². The van der Waals surface area contributed by atoms with E-state index in [9.17, 15) is 13.2 Å². The van der Waals surface area contributed by atoms with Crippen molar-refractivity contribution in [2.45, 2.75) is 90.9 Å². The number of aliphatic carboxylic acids is 1. The average molecular weight is 355 g/mol. The highest BCUT2D eigenvalue weighted by Crippen LogP contribution is 2.07. The van der Waals surface area contributed by atoms with Gasteiger partial charge in [-0.15, -0.1) is 0 Å². The summed E-state index contributed by atoms with van der Waals surface area (Å²) in [7, 11) is -4.34. The largest absolute Gasteiger partial charge is 0.481 e. The van der Waals surface area contributed by atoms with Crippen LogP contribution < -0.4 is 0 Å². The highest BCUT2D eigenvalue weighted by molar-refractivity contribution is 7.80. The molecule has 0 unspecified atom stereocenters. The van der Waals surface area contributed by atoms with E-state index >= 15 is 0 Å². The van der Waals surface area contributed by atoms with Crippen molar-refractivity contribution in [3.05, 3.63) is 0 Å². The fourth-order valence-electron chi connectivity index (χ4n) is 1.93. The van der Waals surface area contributed by atoms with Gasteiger partial charge in [0.15, 0.2) is 0 Å². The van der Waals surface area contributed by atoms with E-state index < -0.39 is 16.4 Å². The first-order valence-electron chi connectivity index (χ1n) is 8.67. The monoisotopic (exact) mass is 354 g/mol. The highest BCUT2D eigenvalue weighted by Gasteiger charge is 2.03. The van der Waals surface area contributed by atoms with Gasteiger partial charge in [-0.25, -0.2) is 4.18 Å². The highest BCUT2D eigenvalue weighted by atomic mass is 32.3. The van der Waals surface area contributed by atoms with Crippen LogP contribution in [0, 0.1) is 0 Å². The third-order valence-electron chi connectivity index (χ3n) is 3.22. The van der Waals surface area contributed by atoms with Gasteiger partial charge in [-0.1, -0.05) is 71.6 Å². The molecule has 0 aliphatic carbocycles. The van der Waals surface area contributed by atoms with Crippen LogP contribution in [0.5, 0.6) is 0 Å². The molecule has 7 heteroatoms. The van der Waals surface area contributed by atoms with E-state index in [1.165, 1.54) is 51.4 Å². The van der Waals surface area contributed by atoms with E-state index in [0.29, 0.717) is 19.3 Å². The van der Waals surface area contributed by atoms with Gasteiger partial charge in [-0.2, -0.15) is 8.42 Å². The summed E-state index contributed by atoms with van der Waals surface area (Å²) in [4.78, 5) is 10.0. The maximum Gasteiger partial charge on any atom is 0.397 e. The van der Waals surface area contributed by atoms with E-state index in [-0.39, 0.29) is 13.0 Å². The van der Waals surface area contributed by atoms with E-state index in [0.717, 1.165) is 0 Å². The third kappa shape index (κ3) is 29.9. The van der Waals surface area contributed by atoms with Crippen molar-refractivity contribution >= 4 is 16.4 Å². The molecule has 0 aliphatic rings. The topological polar surface area (TPSA) is 101 Å².